The first-order valence-corrected chi connectivity index (χ1v) is 11.9. The lowest BCUT2D eigenvalue weighted by Gasteiger charge is -2.16. The van der Waals surface area contributed by atoms with Gasteiger partial charge in [-0.05, 0) is 37.1 Å². The monoisotopic (exact) mass is 513 g/mol. The SMILES string of the molecule is Cl.Nc1ncnc2c1c(Cl)cn2-c1csc(COc2ccc3ccc(N4CCCC4)nc3c2)n1. The first-order chi connectivity index (χ1) is 16.2. The van der Waals surface area contributed by atoms with Crippen molar-refractivity contribution in [1.29, 1.82) is 0 Å². The van der Waals surface area contributed by atoms with Crippen molar-refractivity contribution < 1.29 is 4.74 Å². The zero-order valence-corrected chi connectivity index (χ0v) is 20.4. The van der Waals surface area contributed by atoms with Crippen molar-refractivity contribution in [2.24, 2.45) is 0 Å². The Labute approximate surface area is 210 Å². The van der Waals surface area contributed by atoms with Crippen LogP contribution in [0, 0.1) is 0 Å². The summed E-state index contributed by atoms with van der Waals surface area (Å²) in [5, 5.41) is 4.99. The zero-order chi connectivity index (χ0) is 22.4. The molecule has 2 N–H and O–H groups in total. The highest BCUT2D eigenvalue weighted by Crippen LogP contribution is 2.31. The molecule has 5 heterocycles. The second-order valence-corrected chi connectivity index (χ2v) is 9.26. The molecule has 1 aliphatic heterocycles. The number of nitrogens with two attached hydrogens (primary N) is 1. The molecule has 0 saturated carbocycles. The Morgan fingerprint density at radius 1 is 1.06 bits per heavy atom. The summed E-state index contributed by atoms with van der Waals surface area (Å²) in [5.41, 5.74) is 7.51. The van der Waals surface area contributed by atoms with Crippen LogP contribution in [0.4, 0.5) is 11.6 Å². The summed E-state index contributed by atoms with van der Waals surface area (Å²) < 4.78 is 7.85. The molecule has 11 heteroatoms. The van der Waals surface area contributed by atoms with Crippen LogP contribution in [0.2, 0.25) is 5.02 Å². The molecular formula is C23H21Cl2N7OS. The highest BCUT2D eigenvalue weighted by molar-refractivity contribution is 7.09. The number of nitrogens with zero attached hydrogens (tertiary/aromatic N) is 6. The van der Waals surface area contributed by atoms with Gasteiger partial charge in [-0.15, -0.1) is 23.7 Å². The maximum atomic E-state index is 6.34. The van der Waals surface area contributed by atoms with Gasteiger partial charge in [0.1, 0.15) is 41.1 Å². The fourth-order valence-corrected chi connectivity index (χ4v) is 5.10. The van der Waals surface area contributed by atoms with Crippen LogP contribution in [0.25, 0.3) is 27.8 Å². The van der Waals surface area contributed by atoms with E-state index in [4.69, 9.17) is 32.0 Å². The van der Waals surface area contributed by atoms with E-state index < -0.39 is 0 Å². The van der Waals surface area contributed by atoms with Crippen molar-refractivity contribution in [2.45, 2.75) is 19.4 Å². The molecule has 0 atom stereocenters. The summed E-state index contributed by atoms with van der Waals surface area (Å²) in [4.78, 5) is 20.2. The van der Waals surface area contributed by atoms with Crippen LogP contribution < -0.4 is 15.4 Å². The fourth-order valence-electron chi connectivity index (χ4n) is 4.14. The normalized spacial score (nSPS) is 13.5. The molecule has 6 rings (SSSR count). The Morgan fingerprint density at radius 3 is 2.74 bits per heavy atom. The molecule has 0 amide bonds. The number of fused-ring (bicyclic) bond motifs is 2. The summed E-state index contributed by atoms with van der Waals surface area (Å²) in [7, 11) is 0. The van der Waals surface area contributed by atoms with E-state index in [1.54, 1.807) is 6.20 Å². The Hall–Kier alpha value is -3.14. The second kappa shape index (κ2) is 9.25. The largest absolute Gasteiger partial charge is 0.486 e. The number of nitrogen functional groups attached to an aromatic ring is 1. The molecule has 1 fully saturated rings. The van der Waals surface area contributed by atoms with Crippen LogP contribution in [-0.2, 0) is 6.61 Å². The minimum Gasteiger partial charge on any atom is -0.486 e. The third kappa shape index (κ3) is 4.11. The van der Waals surface area contributed by atoms with Crippen LogP contribution in [0.5, 0.6) is 5.75 Å². The van der Waals surface area contributed by atoms with Gasteiger partial charge < -0.3 is 15.4 Å². The van der Waals surface area contributed by atoms with Crippen molar-refractivity contribution in [3.05, 3.63) is 58.3 Å². The minimum absolute atomic E-state index is 0. The third-order valence-corrected chi connectivity index (χ3v) is 6.89. The number of benzene rings is 1. The lowest BCUT2D eigenvalue weighted by Crippen LogP contribution is -2.18. The highest BCUT2D eigenvalue weighted by atomic mass is 35.5. The zero-order valence-electron chi connectivity index (χ0n) is 18.0. The maximum absolute atomic E-state index is 6.34. The van der Waals surface area contributed by atoms with Gasteiger partial charge in [0, 0.05) is 36.1 Å². The van der Waals surface area contributed by atoms with Gasteiger partial charge in [0.05, 0.1) is 15.9 Å². The molecule has 1 saturated heterocycles. The van der Waals surface area contributed by atoms with Crippen LogP contribution in [0.3, 0.4) is 0 Å². The summed E-state index contributed by atoms with van der Waals surface area (Å²) in [6.45, 7) is 2.50. The van der Waals surface area contributed by atoms with Crippen LogP contribution in [-0.4, -0.2) is 37.6 Å². The van der Waals surface area contributed by atoms with Crippen molar-refractivity contribution in [2.75, 3.05) is 23.7 Å². The van der Waals surface area contributed by atoms with Crippen molar-refractivity contribution in [1.82, 2.24) is 24.5 Å². The number of rotatable bonds is 5. The molecule has 0 spiro atoms. The summed E-state index contributed by atoms with van der Waals surface area (Å²) in [6, 6.07) is 10.2. The molecule has 174 valence electrons. The van der Waals surface area contributed by atoms with E-state index in [9.17, 15) is 0 Å². The molecule has 8 nitrogen and oxygen atoms in total. The number of aromatic nitrogens is 5. The number of pyridine rings is 1. The first kappa shape index (κ1) is 22.6. The molecule has 1 aromatic carbocycles. The van der Waals surface area contributed by atoms with Gasteiger partial charge in [0.2, 0.25) is 0 Å². The van der Waals surface area contributed by atoms with E-state index in [-0.39, 0.29) is 12.4 Å². The van der Waals surface area contributed by atoms with Crippen molar-refractivity contribution in [3.63, 3.8) is 0 Å². The Kier molecular flexibility index (Phi) is 6.16. The van der Waals surface area contributed by atoms with Crippen molar-refractivity contribution >= 4 is 68.9 Å². The standard InChI is InChI=1S/C23H20ClN7OS.ClH/c24-16-10-31(23-21(16)22(25)26-13-27-23)19-12-33-20(29-19)11-32-15-5-3-14-4-6-18(28-17(14)9-15)30-7-1-2-8-30;/h3-6,9-10,12-13H,1-2,7-8,11H2,(H2,25,26,27);1H. The molecular weight excluding hydrogens is 493 g/mol. The van der Waals surface area contributed by atoms with Gasteiger partial charge in [0.15, 0.2) is 5.65 Å². The van der Waals surface area contributed by atoms with Gasteiger partial charge in [-0.1, -0.05) is 11.6 Å². The van der Waals surface area contributed by atoms with E-state index in [0.29, 0.717) is 34.3 Å². The Bertz CT molecular complexity index is 1480. The molecule has 34 heavy (non-hydrogen) atoms. The lowest BCUT2D eigenvalue weighted by molar-refractivity contribution is 0.306. The number of hydrogen-bond donors (Lipinski definition) is 1. The van der Waals surface area contributed by atoms with Gasteiger partial charge >= 0.3 is 0 Å². The third-order valence-electron chi connectivity index (χ3n) is 5.79. The van der Waals surface area contributed by atoms with E-state index in [2.05, 4.69) is 27.0 Å². The van der Waals surface area contributed by atoms with E-state index >= 15 is 0 Å². The minimum atomic E-state index is 0. The predicted molar refractivity (Wildman–Crippen MR) is 139 cm³/mol. The van der Waals surface area contributed by atoms with Crippen molar-refractivity contribution in [3.8, 4) is 11.6 Å². The number of thiazole rings is 1. The van der Waals surface area contributed by atoms with Gasteiger partial charge in [-0.3, -0.25) is 4.57 Å². The van der Waals surface area contributed by atoms with Crippen LogP contribution >= 0.6 is 35.3 Å². The summed E-state index contributed by atoms with van der Waals surface area (Å²) in [5.74, 6) is 2.86. The summed E-state index contributed by atoms with van der Waals surface area (Å²) >= 11 is 7.85. The molecule has 0 radical (unpaired) electrons. The maximum Gasteiger partial charge on any atom is 0.152 e. The number of hydrogen-bond acceptors (Lipinski definition) is 8. The van der Waals surface area contributed by atoms with Gasteiger partial charge in [0.25, 0.3) is 0 Å². The second-order valence-electron chi connectivity index (χ2n) is 7.91. The topological polar surface area (TPSA) is 95.0 Å². The molecule has 0 unspecified atom stereocenters. The lowest BCUT2D eigenvalue weighted by atomic mass is 10.2. The van der Waals surface area contributed by atoms with Crippen LogP contribution in [0.1, 0.15) is 17.8 Å². The first-order valence-electron chi connectivity index (χ1n) is 10.7. The number of halogens is 2. The number of ether oxygens (including phenoxy) is 1. The molecule has 4 aromatic heterocycles. The quantitative estimate of drug-likeness (QED) is 0.342. The fraction of sp³-hybridized carbons (Fsp3) is 0.217. The van der Waals surface area contributed by atoms with E-state index in [0.717, 1.165) is 40.6 Å². The van der Waals surface area contributed by atoms with Gasteiger partial charge in [-0.2, -0.15) is 0 Å². The molecule has 1 aliphatic rings. The number of anilines is 2. The van der Waals surface area contributed by atoms with E-state index in [1.165, 1.54) is 30.5 Å². The van der Waals surface area contributed by atoms with Gasteiger partial charge in [-0.25, -0.2) is 19.9 Å². The average molecular weight is 514 g/mol. The van der Waals surface area contributed by atoms with Crippen LogP contribution in [0.15, 0.2) is 48.2 Å². The predicted octanol–water partition coefficient (Wildman–Crippen LogP) is 5.26. The molecule has 0 aliphatic carbocycles. The smallest absolute Gasteiger partial charge is 0.152 e. The Balaban J connectivity index is 0.00000241. The average Bonchev–Trinajstić information content (AvgIpc) is 3.58. The molecule has 5 aromatic rings. The highest BCUT2D eigenvalue weighted by Gasteiger charge is 2.16. The van der Waals surface area contributed by atoms with E-state index in [1.807, 2.05) is 28.1 Å². The Morgan fingerprint density at radius 2 is 1.88 bits per heavy atom. The molecule has 0 bridgehead atoms. The summed E-state index contributed by atoms with van der Waals surface area (Å²) in [6.07, 6.45) is 5.63.